The average Bonchev–Trinajstić information content (AvgIpc) is 2.45. The van der Waals surface area contributed by atoms with Crippen molar-refractivity contribution in [2.75, 3.05) is 6.54 Å². The summed E-state index contributed by atoms with van der Waals surface area (Å²) in [6, 6.07) is 12.1. The molecule has 3 heteroatoms. The van der Waals surface area contributed by atoms with Gasteiger partial charge in [0, 0.05) is 18.3 Å². The van der Waals surface area contributed by atoms with Crippen LogP contribution < -0.4 is 10.1 Å². The third kappa shape index (κ3) is 3.80. The summed E-state index contributed by atoms with van der Waals surface area (Å²) in [6.07, 6.45) is 1.80. The fourth-order valence-corrected chi connectivity index (χ4v) is 1.87. The van der Waals surface area contributed by atoms with Crippen LogP contribution >= 0.6 is 0 Å². The van der Waals surface area contributed by atoms with Crippen LogP contribution in [0.15, 0.2) is 42.6 Å². The second-order valence-corrected chi connectivity index (χ2v) is 4.44. The Bertz CT molecular complexity index is 526. The van der Waals surface area contributed by atoms with E-state index in [0.29, 0.717) is 6.61 Å². The molecule has 3 nitrogen and oxygen atoms in total. The Morgan fingerprint density at radius 3 is 2.79 bits per heavy atom. The van der Waals surface area contributed by atoms with Crippen LogP contribution in [-0.2, 0) is 13.2 Å². The van der Waals surface area contributed by atoms with Crippen molar-refractivity contribution in [2.45, 2.75) is 27.0 Å². The van der Waals surface area contributed by atoms with Gasteiger partial charge in [-0.25, -0.2) is 0 Å². The third-order valence-electron chi connectivity index (χ3n) is 3.02. The van der Waals surface area contributed by atoms with Crippen molar-refractivity contribution >= 4 is 0 Å². The quantitative estimate of drug-likeness (QED) is 0.862. The normalized spacial score (nSPS) is 10.4. The van der Waals surface area contributed by atoms with Gasteiger partial charge in [0.15, 0.2) is 0 Å². The summed E-state index contributed by atoms with van der Waals surface area (Å²) in [5.41, 5.74) is 3.32. The predicted molar refractivity (Wildman–Crippen MR) is 77.1 cm³/mol. The van der Waals surface area contributed by atoms with Crippen molar-refractivity contribution < 1.29 is 4.74 Å². The number of pyridine rings is 1. The SMILES string of the molecule is CCNCc1ccccc1OCc1ncccc1C. The Labute approximate surface area is 114 Å². The van der Waals surface area contributed by atoms with Gasteiger partial charge in [-0.05, 0) is 31.2 Å². The zero-order chi connectivity index (χ0) is 13.5. The lowest BCUT2D eigenvalue weighted by Crippen LogP contribution is -2.13. The second-order valence-electron chi connectivity index (χ2n) is 4.44. The molecule has 0 fully saturated rings. The highest BCUT2D eigenvalue weighted by molar-refractivity contribution is 5.33. The molecule has 0 atom stereocenters. The van der Waals surface area contributed by atoms with Gasteiger partial charge in [-0.15, -0.1) is 0 Å². The Kier molecular flexibility index (Phi) is 4.93. The average molecular weight is 256 g/mol. The van der Waals surface area contributed by atoms with Crippen molar-refractivity contribution in [3.8, 4) is 5.75 Å². The van der Waals surface area contributed by atoms with Crippen molar-refractivity contribution in [1.82, 2.24) is 10.3 Å². The molecule has 0 unspecified atom stereocenters. The summed E-state index contributed by atoms with van der Waals surface area (Å²) in [5.74, 6) is 0.925. The summed E-state index contributed by atoms with van der Waals surface area (Å²) >= 11 is 0. The highest BCUT2D eigenvalue weighted by Gasteiger charge is 2.04. The van der Waals surface area contributed by atoms with Crippen LogP contribution in [0, 0.1) is 6.92 Å². The number of rotatable bonds is 6. The first-order valence-corrected chi connectivity index (χ1v) is 6.63. The number of hydrogen-bond donors (Lipinski definition) is 1. The van der Waals surface area contributed by atoms with Crippen LogP contribution in [0.1, 0.15) is 23.7 Å². The van der Waals surface area contributed by atoms with Gasteiger partial charge >= 0.3 is 0 Å². The molecule has 1 aromatic carbocycles. The summed E-state index contributed by atoms with van der Waals surface area (Å²) in [4.78, 5) is 4.34. The Morgan fingerprint density at radius 1 is 1.16 bits per heavy atom. The van der Waals surface area contributed by atoms with Crippen LogP contribution in [0.25, 0.3) is 0 Å². The number of ether oxygens (including phenoxy) is 1. The number of nitrogens with one attached hydrogen (secondary N) is 1. The second kappa shape index (κ2) is 6.90. The smallest absolute Gasteiger partial charge is 0.130 e. The minimum atomic E-state index is 0.510. The summed E-state index contributed by atoms with van der Waals surface area (Å²) in [6.45, 7) is 6.44. The molecule has 0 aliphatic rings. The van der Waals surface area contributed by atoms with Crippen LogP contribution in [0.3, 0.4) is 0 Å². The van der Waals surface area contributed by atoms with Gasteiger partial charge in [0.2, 0.25) is 0 Å². The molecule has 0 spiro atoms. The van der Waals surface area contributed by atoms with Crippen molar-refractivity contribution in [1.29, 1.82) is 0 Å². The van der Waals surface area contributed by atoms with Crippen LogP contribution in [0.5, 0.6) is 5.75 Å². The van der Waals surface area contributed by atoms with Gasteiger partial charge in [0.05, 0.1) is 5.69 Å². The lowest BCUT2D eigenvalue weighted by Gasteiger charge is -2.12. The summed E-state index contributed by atoms with van der Waals surface area (Å²) in [7, 11) is 0. The molecular formula is C16H20N2O. The lowest BCUT2D eigenvalue weighted by atomic mass is 10.2. The minimum Gasteiger partial charge on any atom is -0.487 e. The maximum absolute atomic E-state index is 5.90. The van der Waals surface area contributed by atoms with Crippen molar-refractivity contribution in [3.05, 3.63) is 59.4 Å². The third-order valence-corrected chi connectivity index (χ3v) is 3.02. The fourth-order valence-electron chi connectivity index (χ4n) is 1.87. The van der Waals surface area contributed by atoms with E-state index in [4.69, 9.17) is 4.74 Å². The predicted octanol–water partition coefficient (Wildman–Crippen LogP) is 3.08. The topological polar surface area (TPSA) is 34.1 Å². The van der Waals surface area contributed by atoms with Gasteiger partial charge in [0.1, 0.15) is 12.4 Å². The number of hydrogen-bond acceptors (Lipinski definition) is 3. The van der Waals surface area contributed by atoms with E-state index in [9.17, 15) is 0 Å². The molecular weight excluding hydrogens is 236 g/mol. The fraction of sp³-hybridized carbons (Fsp3) is 0.312. The van der Waals surface area contributed by atoms with E-state index in [-0.39, 0.29) is 0 Å². The highest BCUT2D eigenvalue weighted by atomic mass is 16.5. The molecule has 0 bridgehead atoms. The molecule has 0 aliphatic heterocycles. The number of aromatic nitrogens is 1. The molecule has 0 amide bonds. The van der Waals surface area contributed by atoms with Gasteiger partial charge < -0.3 is 10.1 Å². The molecule has 19 heavy (non-hydrogen) atoms. The molecule has 0 saturated heterocycles. The molecule has 2 rings (SSSR count). The first-order chi connectivity index (χ1) is 9.31. The molecule has 1 aromatic heterocycles. The molecule has 100 valence electrons. The van der Waals surface area contributed by atoms with E-state index in [1.165, 1.54) is 5.56 Å². The monoisotopic (exact) mass is 256 g/mol. The maximum Gasteiger partial charge on any atom is 0.130 e. The maximum atomic E-state index is 5.90. The number of aryl methyl sites for hydroxylation is 1. The van der Waals surface area contributed by atoms with E-state index >= 15 is 0 Å². The lowest BCUT2D eigenvalue weighted by molar-refractivity contribution is 0.296. The molecule has 0 saturated carbocycles. The first kappa shape index (κ1) is 13.6. The van der Waals surface area contributed by atoms with Crippen LogP contribution in [-0.4, -0.2) is 11.5 Å². The molecule has 1 heterocycles. The zero-order valence-electron chi connectivity index (χ0n) is 11.5. The molecule has 0 aliphatic carbocycles. The van der Waals surface area contributed by atoms with Gasteiger partial charge in [-0.1, -0.05) is 31.2 Å². The number of nitrogens with zero attached hydrogens (tertiary/aromatic N) is 1. The Morgan fingerprint density at radius 2 is 2.00 bits per heavy atom. The van der Waals surface area contributed by atoms with E-state index in [1.54, 1.807) is 6.20 Å². The molecule has 0 radical (unpaired) electrons. The minimum absolute atomic E-state index is 0.510. The van der Waals surface area contributed by atoms with E-state index in [0.717, 1.165) is 30.1 Å². The van der Waals surface area contributed by atoms with E-state index in [1.807, 2.05) is 24.3 Å². The zero-order valence-corrected chi connectivity index (χ0v) is 11.5. The molecule has 1 N–H and O–H groups in total. The Hall–Kier alpha value is -1.87. The van der Waals surface area contributed by atoms with Gasteiger partial charge in [-0.2, -0.15) is 0 Å². The van der Waals surface area contributed by atoms with Crippen molar-refractivity contribution in [2.24, 2.45) is 0 Å². The number of benzene rings is 1. The van der Waals surface area contributed by atoms with Gasteiger partial charge in [-0.3, -0.25) is 4.98 Å². The van der Waals surface area contributed by atoms with Gasteiger partial charge in [0.25, 0.3) is 0 Å². The summed E-state index contributed by atoms with van der Waals surface area (Å²) in [5, 5.41) is 3.32. The first-order valence-electron chi connectivity index (χ1n) is 6.63. The molecule has 2 aromatic rings. The standard InChI is InChI=1S/C16H20N2O/c1-3-17-11-14-8-4-5-9-16(14)19-12-15-13(2)7-6-10-18-15/h4-10,17H,3,11-12H2,1-2H3. The Balaban J connectivity index is 2.05. The highest BCUT2D eigenvalue weighted by Crippen LogP contribution is 2.19. The van der Waals surface area contributed by atoms with Crippen molar-refractivity contribution in [3.63, 3.8) is 0 Å². The van der Waals surface area contributed by atoms with Crippen LogP contribution in [0.4, 0.5) is 0 Å². The largest absolute Gasteiger partial charge is 0.487 e. The summed E-state index contributed by atoms with van der Waals surface area (Å²) < 4.78 is 5.90. The van der Waals surface area contributed by atoms with E-state index in [2.05, 4.69) is 36.3 Å². The van der Waals surface area contributed by atoms with E-state index < -0.39 is 0 Å². The number of para-hydroxylation sites is 1. The van der Waals surface area contributed by atoms with Crippen LogP contribution in [0.2, 0.25) is 0 Å².